The molecule has 0 heterocycles. The molecule has 0 rings (SSSR count). The van der Waals surface area contributed by atoms with Crippen LogP contribution in [0.5, 0.6) is 0 Å². The summed E-state index contributed by atoms with van der Waals surface area (Å²) in [5.74, 6) is -2.46. The Morgan fingerprint density at radius 2 is 2.09 bits per heavy atom. The van der Waals surface area contributed by atoms with E-state index in [9.17, 15) is 19.3 Å². The molecule has 130 valence electrons. The van der Waals surface area contributed by atoms with E-state index in [0.717, 1.165) is 0 Å². The van der Waals surface area contributed by atoms with E-state index in [1.807, 2.05) is 0 Å². The van der Waals surface area contributed by atoms with Gasteiger partial charge in [0.2, 0.25) is 11.8 Å². The molecule has 11 heteroatoms. The van der Waals surface area contributed by atoms with Gasteiger partial charge in [-0.25, -0.2) is 4.57 Å². The third kappa shape index (κ3) is 8.72. The van der Waals surface area contributed by atoms with E-state index >= 15 is 0 Å². The molecule has 22 heavy (non-hydrogen) atoms. The van der Waals surface area contributed by atoms with Crippen LogP contribution in [0.4, 0.5) is 0 Å². The van der Waals surface area contributed by atoms with E-state index in [0.29, 0.717) is 0 Å². The summed E-state index contributed by atoms with van der Waals surface area (Å²) < 4.78 is 46.2. The Hall–Kier alpha value is -0.640. The van der Waals surface area contributed by atoms with Gasteiger partial charge < -0.3 is 25.5 Å². The smallest absolute Gasteiger partial charge is 0.396 e. The number of phosphoric ester groups is 1. The fourth-order valence-electron chi connectivity index (χ4n) is 1.19. The molecule has 0 aromatic carbocycles. The van der Waals surface area contributed by atoms with E-state index in [-0.39, 0.29) is 17.6 Å². The van der Waals surface area contributed by atoms with Crippen molar-refractivity contribution in [3.05, 3.63) is 0 Å². The van der Waals surface area contributed by atoms with Gasteiger partial charge in [-0.15, -0.1) is 0 Å². The summed E-state index contributed by atoms with van der Waals surface area (Å²) in [7, 11) is -5.23. The largest absolute Gasteiger partial charge is 0.470 e. The molecule has 0 fully saturated rings. The van der Waals surface area contributed by atoms with Crippen LogP contribution < -0.4 is 10.6 Å². The molecule has 0 saturated carbocycles. The summed E-state index contributed by atoms with van der Waals surface area (Å²) >= 11 is 3.83. The summed E-state index contributed by atoms with van der Waals surface area (Å²) in [6.07, 6.45) is -4.33. The first-order chi connectivity index (χ1) is 11.6. The van der Waals surface area contributed by atoms with E-state index < -0.39 is 50.7 Å². The zero-order valence-electron chi connectivity index (χ0n) is 16.1. The molecule has 2 atom stereocenters. The zero-order chi connectivity index (χ0) is 20.9. The van der Waals surface area contributed by atoms with Gasteiger partial charge in [0.15, 0.2) is 7.52 Å². The fourth-order valence-corrected chi connectivity index (χ4v) is 1.95. The highest BCUT2D eigenvalue weighted by atomic mass is 32.1. The maximum atomic E-state index is 12.4. The Labute approximate surface area is 140 Å². The standard InChI is InChI=1S/C11H23N2O7PS/c1-11(2,7-14)9(20-21(17,18)19)10(16)13-4-3-8(15)12-5-6-22/h9,14,22H,3-7H2,1-2H3,(H,12,15)(H,13,16)(H2,17,18,19)/t9-/m0/s1/i3D,4D2/hD/t3?,9-. The van der Waals surface area contributed by atoms with E-state index in [4.69, 9.17) is 15.3 Å². The lowest BCUT2D eigenvalue weighted by Gasteiger charge is -2.31. The van der Waals surface area contributed by atoms with Crippen LogP contribution in [0.1, 0.15) is 24.4 Å². The van der Waals surface area contributed by atoms with Gasteiger partial charge in [-0.05, 0) is 0 Å². The summed E-state index contributed by atoms with van der Waals surface area (Å²) in [6.45, 7) is -1.51. The van der Waals surface area contributed by atoms with Gasteiger partial charge >= 0.3 is 7.82 Å². The monoisotopic (exact) mass is 362 g/mol. The average molecular weight is 362 g/mol. The fraction of sp³-hybridized carbons (Fsp3) is 0.818. The summed E-state index contributed by atoms with van der Waals surface area (Å²) in [6, 6.07) is 0. The van der Waals surface area contributed by atoms with Crippen molar-refractivity contribution in [2.24, 2.45) is 5.41 Å². The summed E-state index contributed by atoms with van der Waals surface area (Å²) in [5.41, 5.74) is -1.60. The van der Waals surface area contributed by atoms with Crippen molar-refractivity contribution in [1.82, 2.24) is 10.6 Å². The number of hydrogen-bond donors (Lipinski definition) is 6. The van der Waals surface area contributed by atoms with Crippen molar-refractivity contribution in [1.29, 1.82) is 0 Å². The van der Waals surface area contributed by atoms with Gasteiger partial charge in [0.25, 0.3) is 0 Å². The molecule has 0 aliphatic rings. The van der Waals surface area contributed by atoms with Crippen LogP contribution in [-0.4, -0.2) is 58.2 Å². The van der Waals surface area contributed by atoms with Crippen LogP contribution in [0.3, 0.4) is 0 Å². The molecule has 0 aromatic rings. The number of hydrogen-bond acceptors (Lipinski definition) is 6. The lowest BCUT2D eigenvalue weighted by Crippen LogP contribution is -2.47. The Kier molecular flexibility index (Phi) is 6.44. The molecular formula is C11H23N2O7PS. The van der Waals surface area contributed by atoms with E-state index in [2.05, 4.69) is 22.5 Å². The van der Waals surface area contributed by atoms with Crippen LogP contribution in [0.2, 0.25) is 1.41 Å². The number of amides is 2. The minimum atomic E-state index is -5.23. The van der Waals surface area contributed by atoms with Crippen molar-refractivity contribution in [2.45, 2.75) is 26.3 Å². The van der Waals surface area contributed by atoms with Gasteiger partial charge in [0.05, 0.1) is 6.61 Å². The number of aliphatic hydroxyl groups excluding tert-OH is 1. The number of carbonyl (C=O) groups is 2. The highest BCUT2D eigenvalue weighted by Gasteiger charge is 2.40. The first-order valence-electron chi connectivity index (χ1n) is 8.13. The highest BCUT2D eigenvalue weighted by molar-refractivity contribution is 7.80. The molecule has 1 unspecified atom stereocenters. The topological polar surface area (TPSA) is 145 Å². The number of phosphoric acid groups is 1. The first kappa shape index (κ1) is 14.9. The molecule has 0 aliphatic carbocycles. The van der Waals surface area contributed by atoms with Gasteiger partial charge in [-0.1, -0.05) is 13.8 Å². The van der Waals surface area contributed by atoms with Gasteiger partial charge in [-0.2, -0.15) is 12.6 Å². The van der Waals surface area contributed by atoms with Crippen LogP contribution in [0.15, 0.2) is 0 Å². The predicted molar refractivity (Wildman–Crippen MR) is 82.3 cm³/mol. The SMILES string of the molecule is [2H]C(C(=O)NCCS)C([2H])([2H])N([2H])C(=O)[C@H](OP(=O)(O)O)C(C)(C)CO. The van der Waals surface area contributed by atoms with Crippen molar-refractivity contribution in [3.63, 3.8) is 0 Å². The normalized spacial score (nSPS) is 18.3. The number of rotatable bonds is 10. The van der Waals surface area contributed by atoms with Gasteiger partial charge in [0, 0.05) is 34.7 Å². The second kappa shape index (κ2) is 9.49. The Morgan fingerprint density at radius 3 is 2.55 bits per heavy atom. The number of thiol groups is 1. The third-order valence-electron chi connectivity index (χ3n) is 2.37. The quantitative estimate of drug-likeness (QED) is 0.217. The Balaban J connectivity index is 5.62. The maximum absolute atomic E-state index is 12.4. The predicted octanol–water partition coefficient (Wildman–Crippen LogP) is -0.965. The molecule has 2 amide bonds. The Bertz CT molecular complexity index is 563. The van der Waals surface area contributed by atoms with Crippen molar-refractivity contribution < 1.29 is 39.1 Å². The van der Waals surface area contributed by atoms with Gasteiger partial charge in [-0.3, -0.25) is 14.1 Å². The minimum Gasteiger partial charge on any atom is -0.396 e. The molecule has 0 aromatic heterocycles. The number of nitrogens with one attached hydrogen (secondary N) is 2. The number of aliphatic hydroxyl groups is 1. The minimum absolute atomic E-state index is 0.0286. The number of carbonyl (C=O) groups excluding carboxylic acids is 2. The van der Waals surface area contributed by atoms with Crippen molar-refractivity contribution in [3.8, 4) is 0 Å². The van der Waals surface area contributed by atoms with Crippen LogP contribution in [0.25, 0.3) is 0 Å². The third-order valence-corrected chi connectivity index (χ3v) is 3.07. The molecule has 0 saturated heterocycles. The molecule has 0 aliphatic heterocycles. The van der Waals surface area contributed by atoms with Crippen LogP contribution in [0, 0.1) is 5.41 Å². The highest BCUT2D eigenvalue weighted by Crippen LogP contribution is 2.41. The molecule has 0 spiro atoms. The summed E-state index contributed by atoms with van der Waals surface area (Å²) in [5, 5.41) is 11.1. The molecule has 0 radical (unpaired) electrons. The van der Waals surface area contributed by atoms with E-state index in [1.54, 1.807) is 0 Å². The lowest BCUT2D eigenvalue weighted by atomic mass is 9.87. The molecular weight excluding hydrogens is 335 g/mol. The van der Waals surface area contributed by atoms with Crippen LogP contribution >= 0.6 is 20.5 Å². The molecule has 5 N–H and O–H groups in total. The van der Waals surface area contributed by atoms with Crippen molar-refractivity contribution in [2.75, 3.05) is 25.4 Å². The van der Waals surface area contributed by atoms with Crippen molar-refractivity contribution >= 4 is 32.3 Å². The second-order valence-corrected chi connectivity index (χ2v) is 6.50. The van der Waals surface area contributed by atoms with Crippen LogP contribution in [-0.2, 0) is 18.7 Å². The Morgan fingerprint density at radius 1 is 1.50 bits per heavy atom. The van der Waals surface area contributed by atoms with Gasteiger partial charge in [0.1, 0.15) is 0 Å². The second-order valence-electron chi connectivity index (χ2n) is 4.86. The molecule has 9 nitrogen and oxygen atoms in total. The van der Waals surface area contributed by atoms with E-state index in [1.165, 1.54) is 13.8 Å². The first-order valence-corrected chi connectivity index (χ1v) is 8.26. The molecule has 0 bridgehead atoms. The lowest BCUT2D eigenvalue weighted by molar-refractivity contribution is -0.136. The summed E-state index contributed by atoms with van der Waals surface area (Å²) in [4.78, 5) is 42.0. The maximum Gasteiger partial charge on any atom is 0.470 e. The zero-order valence-corrected chi connectivity index (χ0v) is 13.9. The average Bonchev–Trinajstić information content (AvgIpc) is 2.54.